The Morgan fingerprint density at radius 2 is 2.29 bits per heavy atom. The van der Waals surface area contributed by atoms with E-state index in [-0.39, 0.29) is 5.41 Å². The van der Waals surface area contributed by atoms with Crippen molar-refractivity contribution in [3.05, 3.63) is 22.4 Å². The van der Waals surface area contributed by atoms with Crippen LogP contribution < -0.4 is 10.6 Å². The van der Waals surface area contributed by atoms with Crippen molar-refractivity contribution in [2.24, 2.45) is 5.41 Å². The summed E-state index contributed by atoms with van der Waals surface area (Å²) >= 11 is 1.31. The Morgan fingerprint density at radius 3 is 2.81 bits per heavy atom. The van der Waals surface area contributed by atoms with Crippen molar-refractivity contribution < 1.29 is 19.4 Å². The monoisotopic (exact) mass is 312 g/mol. The van der Waals surface area contributed by atoms with Crippen LogP contribution in [0, 0.1) is 5.41 Å². The quantitative estimate of drug-likeness (QED) is 0.685. The largest absolute Gasteiger partial charge is 0.479 e. The lowest BCUT2D eigenvalue weighted by atomic mass is 10.0. The third kappa shape index (κ3) is 4.44. The molecule has 0 bridgehead atoms. The number of carboxylic acids is 1. The SMILES string of the molecule is COCCC1(CNC(=O)NC(C(=O)O)c2cccs2)CC1. The van der Waals surface area contributed by atoms with Crippen LogP contribution in [0.1, 0.15) is 30.2 Å². The fraction of sp³-hybridized carbons (Fsp3) is 0.571. The first-order chi connectivity index (χ1) is 10.1. The van der Waals surface area contributed by atoms with Crippen LogP contribution in [0.5, 0.6) is 0 Å². The molecule has 0 spiro atoms. The normalized spacial score (nSPS) is 17.0. The molecule has 1 unspecified atom stereocenters. The van der Waals surface area contributed by atoms with E-state index in [1.165, 1.54) is 11.3 Å². The molecular formula is C14H20N2O4S. The van der Waals surface area contributed by atoms with Gasteiger partial charge in [-0.05, 0) is 36.1 Å². The molecule has 0 aromatic carbocycles. The maximum Gasteiger partial charge on any atom is 0.331 e. The summed E-state index contributed by atoms with van der Waals surface area (Å²) in [6, 6.07) is 2.02. The van der Waals surface area contributed by atoms with E-state index >= 15 is 0 Å². The Kier molecular flexibility index (Phi) is 5.19. The van der Waals surface area contributed by atoms with Gasteiger partial charge in [0.25, 0.3) is 0 Å². The van der Waals surface area contributed by atoms with Gasteiger partial charge in [-0.3, -0.25) is 0 Å². The molecule has 2 amide bonds. The molecule has 2 rings (SSSR count). The second kappa shape index (κ2) is 6.91. The number of methoxy groups -OCH3 is 1. The maximum absolute atomic E-state index is 11.9. The number of carboxylic acid groups (broad SMARTS) is 1. The van der Waals surface area contributed by atoms with Crippen molar-refractivity contribution in [3.8, 4) is 0 Å². The molecule has 116 valence electrons. The van der Waals surface area contributed by atoms with Gasteiger partial charge >= 0.3 is 12.0 Å². The molecule has 1 aliphatic carbocycles. The van der Waals surface area contributed by atoms with E-state index in [0.29, 0.717) is 18.0 Å². The minimum atomic E-state index is -1.06. The topological polar surface area (TPSA) is 87.7 Å². The van der Waals surface area contributed by atoms with Gasteiger partial charge in [0.15, 0.2) is 6.04 Å². The highest BCUT2D eigenvalue weighted by atomic mass is 32.1. The number of carbonyl (C=O) groups is 2. The number of rotatable bonds is 8. The first kappa shape index (κ1) is 15.8. The first-order valence-electron chi connectivity index (χ1n) is 6.86. The van der Waals surface area contributed by atoms with Crippen LogP contribution in [0.15, 0.2) is 17.5 Å². The molecule has 1 heterocycles. The van der Waals surface area contributed by atoms with Gasteiger partial charge in [-0.2, -0.15) is 0 Å². The highest BCUT2D eigenvalue weighted by Gasteiger charge is 2.42. The van der Waals surface area contributed by atoms with Crippen molar-refractivity contribution in [2.45, 2.75) is 25.3 Å². The minimum Gasteiger partial charge on any atom is -0.479 e. The van der Waals surface area contributed by atoms with Gasteiger partial charge in [0.05, 0.1) is 0 Å². The van der Waals surface area contributed by atoms with Crippen molar-refractivity contribution >= 4 is 23.3 Å². The zero-order chi connectivity index (χ0) is 15.3. The molecule has 21 heavy (non-hydrogen) atoms. The number of ether oxygens (including phenoxy) is 1. The molecule has 0 radical (unpaired) electrons. The van der Waals surface area contributed by atoms with Crippen LogP contribution in [-0.4, -0.2) is 37.4 Å². The van der Waals surface area contributed by atoms with Crippen LogP contribution in [0.4, 0.5) is 4.79 Å². The lowest BCUT2D eigenvalue weighted by Gasteiger charge is -2.18. The standard InChI is InChI=1S/C14H20N2O4S/c1-20-7-6-14(4-5-14)9-15-13(19)16-11(12(17)18)10-3-2-8-21-10/h2-3,8,11H,4-7,9H2,1H3,(H,17,18)(H2,15,16,19). The molecule has 0 aliphatic heterocycles. The highest BCUT2D eigenvalue weighted by molar-refractivity contribution is 7.10. The summed E-state index contributed by atoms with van der Waals surface area (Å²) in [5.41, 5.74) is 0.134. The van der Waals surface area contributed by atoms with Crippen molar-refractivity contribution in [3.63, 3.8) is 0 Å². The van der Waals surface area contributed by atoms with Gasteiger partial charge in [0.1, 0.15) is 0 Å². The summed E-state index contributed by atoms with van der Waals surface area (Å²) in [5.74, 6) is -1.06. The Labute approximate surface area is 127 Å². The number of carbonyl (C=O) groups excluding carboxylic acids is 1. The molecule has 1 saturated carbocycles. The predicted molar refractivity (Wildman–Crippen MR) is 79.4 cm³/mol. The maximum atomic E-state index is 11.9. The third-order valence-corrected chi connectivity index (χ3v) is 4.70. The summed E-state index contributed by atoms with van der Waals surface area (Å²) < 4.78 is 5.06. The molecular weight excluding hydrogens is 292 g/mol. The Bertz CT molecular complexity index is 485. The number of thiophene rings is 1. The average Bonchev–Trinajstić information content (AvgIpc) is 3.02. The van der Waals surface area contributed by atoms with Crippen LogP contribution in [0.25, 0.3) is 0 Å². The second-order valence-electron chi connectivity index (χ2n) is 5.36. The average molecular weight is 312 g/mol. The predicted octanol–water partition coefficient (Wildman–Crippen LogP) is 1.99. The van der Waals surface area contributed by atoms with Crippen LogP contribution in [0.2, 0.25) is 0 Å². The molecule has 3 N–H and O–H groups in total. The first-order valence-corrected chi connectivity index (χ1v) is 7.74. The smallest absolute Gasteiger partial charge is 0.331 e. The summed E-state index contributed by atoms with van der Waals surface area (Å²) in [7, 11) is 1.66. The van der Waals surface area contributed by atoms with Gasteiger partial charge in [-0.15, -0.1) is 11.3 Å². The minimum absolute atomic E-state index is 0.134. The number of urea groups is 1. The lowest BCUT2D eigenvalue weighted by molar-refractivity contribution is -0.139. The lowest BCUT2D eigenvalue weighted by Crippen LogP contribution is -2.42. The van der Waals surface area contributed by atoms with Crippen molar-refractivity contribution in [1.82, 2.24) is 10.6 Å². The van der Waals surface area contributed by atoms with Gasteiger partial charge in [-0.1, -0.05) is 6.07 Å². The summed E-state index contributed by atoms with van der Waals surface area (Å²) in [6.07, 6.45) is 3.06. The Morgan fingerprint density at radius 1 is 1.52 bits per heavy atom. The molecule has 1 fully saturated rings. The zero-order valence-corrected chi connectivity index (χ0v) is 12.7. The number of hydrogen-bond donors (Lipinski definition) is 3. The summed E-state index contributed by atoms with van der Waals surface area (Å²) in [4.78, 5) is 23.7. The van der Waals surface area contributed by atoms with Gasteiger partial charge < -0.3 is 20.5 Å². The van der Waals surface area contributed by atoms with E-state index in [9.17, 15) is 14.7 Å². The fourth-order valence-corrected chi connectivity index (χ4v) is 2.94. The summed E-state index contributed by atoms with van der Waals surface area (Å²) in [6.45, 7) is 1.23. The van der Waals surface area contributed by atoms with E-state index in [4.69, 9.17) is 4.74 Å². The van der Waals surface area contributed by atoms with E-state index in [2.05, 4.69) is 10.6 Å². The second-order valence-corrected chi connectivity index (χ2v) is 6.34. The molecule has 1 aromatic heterocycles. The molecule has 1 aliphatic rings. The molecule has 7 heteroatoms. The Balaban J connectivity index is 1.82. The molecule has 6 nitrogen and oxygen atoms in total. The fourth-order valence-electron chi connectivity index (χ4n) is 2.17. The third-order valence-electron chi connectivity index (χ3n) is 3.77. The number of hydrogen-bond acceptors (Lipinski definition) is 4. The molecule has 0 saturated heterocycles. The highest BCUT2D eigenvalue weighted by Crippen LogP contribution is 2.48. The van der Waals surface area contributed by atoms with Crippen LogP contribution >= 0.6 is 11.3 Å². The molecule has 1 atom stereocenters. The Hall–Kier alpha value is -1.60. The number of nitrogens with one attached hydrogen (secondary N) is 2. The number of aliphatic carboxylic acids is 1. The van der Waals surface area contributed by atoms with Gasteiger partial charge in [-0.25, -0.2) is 9.59 Å². The van der Waals surface area contributed by atoms with Crippen LogP contribution in [0.3, 0.4) is 0 Å². The zero-order valence-electron chi connectivity index (χ0n) is 11.9. The van der Waals surface area contributed by atoms with E-state index in [1.54, 1.807) is 24.6 Å². The van der Waals surface area contributed by atoms with E-state index < -0.39 is 18.0 Å². The van der Waals surface area contributed by atoms with Crippen molar-refractivity contribution in [2.75, 3.05) is 20.3 Å². The van der Waals surface area contributed by atoms with Gasteiger partial charge in [0, 0.05) is 25.1 Å². The van der Waals surface area contributed by atoms with Crippen molar-refractivity contribution in [1.29, 1.82) is 0 Å². The van der Waals surface area contributed by atoms with Crippen LogP contribution in [-0.2, 0) is 9.53 Å². The van der Waals surface area contributed by atoms with E-state index in [1.807, 2.05) is 0 Å². The molecule has 1 aromatic rings. The number of amides is 2. The van der Waals surface area contributed by atoms with E-state index in [0.717, 1.165) is 19.3 Å². The van der Waals surface area contributed by atoms with Gasteiger partial charge in [0.2, 0.25) is 0 Å². The summed E-state index contributed by atoms with van der Waals surface area (Å²) in [5, 5.41) is 16.3.